The average Bonchev–Trinajstić information content (AvgIpc) is 2.48. The van der Waals surface area contributed by atoms with E-state index in [0.29, 0.717) is 11.4 Å². The first-order chi connectivity index (χ1) is 10.0. The number of rotatable bonds is 5. The van der Waals surface area contributed by atoms with Crippen LogP contribution in [0.4, 0.5) is 17.1 Å². The molecule has 0 saturated heterocycles. The largest absolute Gasteiger partial charge is 0.497 e. The number of nitrogens with zero attached hydrogens (tertiary/aromatic N) is 1. The summed E-state index contributed by atoms with van der Waals surface area (Å²) in [5, 5.41) is 0. The molecule has 0 aromatic heterocycles. The maximum Gasteiger partial charge on any atom is 0.144 e. The van der Waals surface area contributed by atoms with Gasteiger partial charge in [0.05, 0.1) is 18.9 Å². The SMILES string of the molecule is COc1cccc(N(C)c2ccc(N)c(OC(C)C)c2)c1. The van der Waals surface area contributed by atoms with Gasteiger partial charge in [-0.05, 0) is 38.1 Å². The predicted molar refractivity (Wildman–Crippen MR) is 87.7 cm³/mol. The Morgan fingerprint density at radius 2 is 1.76 bits per heavy atom. The van der Waals surface area contributed by atoms with Crippen molar-refractivity contribution < 1.29 is 9.47 Å². The predicted octanol–water partition coefficient (Wildman–Crippen LogP) is 3.83. The molecule has 2 aromatic carbocycles. The van der Waals surface area contributed by atoms with Crippen LogP contribution >= 0.6 is 0 Å². The molecule has 2 rings (SSSR count). The Labute approximate surface area is 126 Å². The van der Waals surface area contributed by atoms with E-state index in [0.717, 1.165) is 17.1 Å². The molecule has 4 heteroatoms. The van der Waals surface area contributed by atoms with Crippen molar-refractivity contribution in [1.29, 1.82) is 0 Å². The van der Waals surface area contributed by atoms with Crippen molar-refractivity contribution in [2.24, 2.45) is 0 Å². The first-order valence-corrected chi connectivity index (χ1v) is 6.95. The number of anilines is 3. The molecule has 0 aliphatic carbocycles. The van der Waals surface area contributed by atoms with Crippen LogP contribution in [-0.4, -0.2) is 20.3 Å². The second-order valence-electron chi connectivity index (χ2n) is 5.15. The molecule has 0 radical (unpaired) electrons. The first kappa shape index (κ1) is 15.0. The Hall–Kier alpha value is -2.36. The summed E-state index contributed by atoms with van der Waals surface area (Å²) in [5.74, 6) is 1.53. The van der Waals surface area contributed by atoms with E-state index >= 15 is 0 Å². The third-order valence-electron chi connectivity index (χ3n) is 3.19. The molecule has 2 N–H and O–H groups in total. The van der Waals surface area contributed by atoms with Crippen LogP contribution in [0.15, 0.2) is 42.5 Å². The summed E-state index contributed by atoms with van der Waals surface area (Å²) in [5.41, 5.74) is 8.65. The fourth-order valence-electron chi connectivity index (χ4n) is 2.06. The van der Waals surface area contributed by atoms with Gasteiger partial charge < -0.3 is 20.1 Å². The van der Waals surface area contributed by atoms with Crippen LogP contribution in [0.3, 0.4) is 0 Å². The van der Waals surface area contributed by atoms with E-state index in [9.17, 15) is 0 Å². The highest BCUT2D eigenvalue weighted by atomic mass is 16.5. The van der Waals surface area contributed by atoms with Gasteiger partial charge in [-0.2, -0.15) is 0 Å². The number of nitrogen functional groups attached to an aromatic ring is 1. The molecule has 0 aliphatic heterocycles. The standard InChI is InChI=1S/C17H22N2O2/c1-12(2)21-17-11-14(8-9-16(17)18)19(3)13-6-5-7-15(10-13)20-4/h5-12H,18H2,1-4H3. The van der Waals surface area contributed by atoms with Crippen molar-refractivity contribution in [3.8, 4) is 11.5 Å². The molecule has 0 atom stereocenters. The van der Waals surface area contributed by atoms with Crippen molar-refractivity contribution >= 4 is 17.1 Å². The van der Waals surface area contributed by atoms with E-state index < -0.39 is 0 Å². The van der Waals surface area contributed by atoms with E-state index in [2.05, 4.69) is 4.90 Å². The van der Waals surface area contributed by atoms with Gasteiger partial charge in [-0.25, -0.2) is 0 Å². The fourth-order valence-corrected chi connectivity index (χ4v) is 2.06. The molecule has 0 aliphatic rings. The number of methoxy groups -OCH3 is 1. The maximum atomic E-state index is 5.96. The van der Waals surface area contributed by atoms with Crippen molar-refractivity contribution in [1.82, 2.24) is 0 Å². The lowest BCUT2D eigenvalue weighted by molar-refractivity contribution is 0.244. The third-order valence-corrected chi connectivity index (χ3v) is 3.19. The molecule has 0 bridgehead atoms. The zero-order valence-electron chi connectivity index (χ0n) is 13.0. The number of nitrogens with two attached hydrogens (primary N) is 1. The van der Waals surface area contributed by atoms with Crippen LogP contribution in [0.1, 0.15) is 13.8 Å². The van der Waals surface area contributed by atoms with Crippen molar-refractivity contribution in [3.05, 3.63) is 42.5 Å². The van der Waals surface area contributed by atoms with Gasteiger partial charge in [-0.3, -0.25) is 0 Å². The quantitative estimate of drug-likeness (QED) is 0.849. The molecular weight excluding hydrogens is 264 g/mol. The van der Waals surface area contributed by atoms with Crippen LogP contribution in [0.2, 0.25) is 0 Å². The van der Waals surface area contributed by atoms with Gasteiger partial charge in [0.2, 0.25) is 0 Å². The lowest BCUT2D eigenvalue weighted by Gasteiger charge is -2.22. The zero-order chi connectivity index (χ0) is 15.4. The maximum absolute atomic E-state index is 5.96. The Bertz CT molecular complexity index is 611. The minimum atomic E-state index is 0.0877. The zero-order valence-corrected chi connectivity index (χ0v) is 13.0. The molecule has 112 valence electrons. The van der Waals surface area contributed by atoms with Crippen LogP contribution in [0.5, 0.6) is 11.5 Å². The van der Waals surface area contributed by atoms with Crippen LogP contribution in [-0.2, 0) is 0 Å². The monoisotopic (exact) mass is 286 g/mol. The molecule has 0 fully saturated rings. The highest BCUT2D eigenvalue weighted by molar-refractivity contribution is 5.69. The molecule has 21 heavy (non-hydrogen) atoms. The molecule has 2 aromatic rings. The van der Waals surface area contributed by atoms with Gasteiger partial charge in [0.25, 0.3) is 0 Å². The molecular formula is C17H22N2O2. The van der Waals surface area contributed by atoms with Gasteiger partial charge in [-0.15, -0.1) is 0 Å². The highest BCUT2D eigenvalue weighted by Gasteiger charge is 2.09. The average molecular weight is 286 g/mol. The first-order valence-electron chi connectivity index (χ1n) is 6.95. The minimum absolute atomic E-state index is 0.0877. The minimum Gasteiger partial charge on any atom is -0.497 e. The van der Waals surface area contributed by atoms with Crippen molar-refractivity contribution in [2.45, 2.75) is 20.0 Å². The van der Waals surface area contributed by atoms with Gasteiger partial charge in [-0.1, -0.05) is 6.07 Å². The lowest BCUT2D eigenvalue weighted by atomic mass is 10.2. The second-order valence-corrected chi connectivity index (χ2v) is 5.15. The molecule has 0 unspecified atom stereocenters. The third kappa shape index (κ3) is 3.60. The second kappa shape index (κ2) is 6.39. The molecule has 0 heterocycles. The summed E-state index contributed by atoms with van der Waals surface area (Å²) in [4.78, 5) is 2.06. The van der Waals surface area contributed by atoms with Gasteiger partial charge in [0.15, 0.2) is 0 Å². The van der Waals surface area contributed by atoms with E-state index in [1.54, 1.807) is 7.11 Å². The van der Waals surface area contributed by atoms with E-state index in [1.807, 2.05) is 63.4 Å². The topological polar surface area (TPSA) is 47.7 Å². The van der Waals surface area contributed by atoms with Gasteiger partial charge >= 0.3 is 0 Å². The Balaban J connectivity index is 2.32. The molecule has 0 amide bonds. The lowest BCUT2D eigenvalue weighted by Crippen LogP contribution is -2.12. The van der Waals surface area contributed by atoms with Gasteiger partial charge in [0, 0.05) is 30.6 Å². The number of benzene rings is 2. The summed E-state index contributed by atoms with van der Waals surface area (Å²) in [7, 11) is 3.66. The van der Waals surface area contributed by atoms with Gasteiger partial charge in [0.1, 0.15) is 11.5 Å². The Kier molecular flexibility index (Phi) is 4.58. The summed E-state index contributed by atoms with van der Waals surface area (Å²) in [6.45, 7) is 3.97. The molecule has 0 saturated carbocycles. The molecule has 4 nitrogen and oxygen atoms in total. The summed E-state index contributed by atoms with van der Waals surface area (Å²) in [6.07, 6.45) is 0.0877. The number of hydrogen-bond donors (Lipinski definition) is 1. The summed E-state index contributed by atoms with van der Waals surface area (Å²) in [6, 6.07) is 13.7. The van der Waals surface area contributed by atoms with E-state index in [-0.39, 0.29) is 6.10 Å². The van der Waals surface area contributed by atoms with E-state index in [1.165, 1.54) is 0 Å². The van der Waals surface area contributed by atoms with Crippen molar-refractivity contribution in [2.75, 3.05) is 24.8 Å². The number of hydrogen-bond acceptors (Lipinski definition) is 4. The van der Waals surface area contributed by atoms with Crippen molar-refractivity contribution in [3.63, 3.8) is 0 Å². The number of ether oxygens (including phenoxy) is 2. The fraction of sp³-hybridized carbons (Fsp3) is 0.294. The normalized spacial score (nSPS) is 10.5. The Morgan fingerprint density at radius 3 is 2.43 bits per heavy atom. The van der Waals surface area contributed by atoms with Crippen LogP contribution in [0, 0.1) is 0 Å². The highest BCUT2D eigenvalue weighted by Crippen LogP contribution is 2.32. The Morgan fingerprint density at radius 1 is 1.05 bits per heavy atom. The van der Waals surface area contributed by atoms with Crippen LogP contribution in [0.25, 0.3) is 0 Å². The summed E-state index contributed by atoms with van der Waals surface area (Å²) < 4.78 is 11.0. The molecule has 0 spiro atoms. The smallest absolute Gasteiger partial charge is 0.144 e. The van der Waals surface area contributed by atoms with Crippen LogP contribution < -0.4 is 20.1 Å². The van der Waals surface area contributed by atoms with E-state index in [4.69, 9.17) is 15.2 Å². The summed E-state index contributed by atoms with van der Waals surface area (Å²) >= 11 is 0.